The number of hydrogen-bond donors (Lipinski definition) is 0. The minimum atomic E-state index is -3.13. The predicted octanol–water partition coefficient (Wildman–Crippen LogP) is 8.76. The molecule has 0 aliphatic heterocycles. The van der Waals surface area contributed by atoms with Crippen molar-refractivity contribution in [1.29, 1.82) is 0 Å². The molecule has 0 spiro atoms. The maximum Gasteiger partial charge on any atom is 0.379 e. The van der Waals surface area contributed by atoms with Gasteiger partial charge in [-0.25, -0.2) is 4.57 Å². The molecule has 0 bridgehead atoms. The van der Waals surface area contributed by atoms with Gasteiger partial charge >= 0.3 is 7.60 Å². The van der Waals surface area contributed by atoms with E-state index in [1.165, 1.54) is 36.8 Å². The van der Waals surface area contributed by atoms with Gasteiger partial charge in [0.2, 0.25) is 0 Å². The fourth-order valence-electron chi connectivity index (χ4n) is 3.69. The molecule has 2 aromatic rings. The van der Waals surface area contributed by atoms with Crippen molar-refractivity contribution in [2.24, 2.45) is 0 Å². The maximum absolute atomic E-state index is 13.3. The summed E-state index contributed by atoms with van der Waals surface area (Å²) in [4.78, 5) is 0. The third kappa shape index (κ3) is 8.47. The highest BCUT2D eigenvalue weighted by atomic mass is 31.2. The van der Waals surface area contributed by atoms with Crippen molar-refractivity contribution in [2.75, 3.05) is 12.8 Å². The Kier molecular flexibility index (Phi) is 10.8. The van der Waals surface area contributed by atoms with Gasteiger partial charge in [0.1, 0.15) is 5.75 Å². The van der Waals surface area contributed by atoms with Crippen LogP contribution in [-0.2, 0) is 14.5 Å². The van der Waals surface area contributed by atoms with E-state index in [0.717, 1.165) is 25.7 Å². The van der Waals surface area contributed by atoms with Crippen LogP contribution in [0.15, 0.2) is 54.6 Å². The summed E-state index contributed by atoms with van der Waals surface area (Å²) in [5.41, 5.74) is 2.35. The van der Waals surface area contributed by atoms with Crippen LogP contribution >= 0.6 is 7.60 Å². The summed E-state index contributed by atoms with van der Waals surface area (Å²) in [6, 6.07) is 18.5. The van der Waals surface area contributed by atoms with E-state index in [0.29, 0.717) is 18.5 Å². The quantitative estimate of drug-likeness (QED) is 0.203. The van der Waals surface area contributed by atoms with Crippen molar-refractivity contribution in [1.82, 2.24) is 0 Å². The van der Waals surface area contributed by atoms with Crippen LogP contribution in [0.2, 0.25) is 0 Å². The van der Waals surface area contributed by atoms with Crippen LogP contribution in [0.1, 0.15) is 90.2 Å². The van der Waals surface area contributed by atoms with Crippen molar-refractivity contribution in [3.8, 4) is 5.75 Å². The second-order valence-electron chi connectivity index (χ2n) is 8.90. The molecular weight excluding hydrogens is 403 g/mol. The summed E-state index contributed by atoms with van der Waals surface area (Å²) in [5.74, 6) is 0.620. The van der Waals surface area contributed by atoms with Gasteiger partial charge in [-0.1, -0.05) is 109 Å². The fraction of sp³-hybridized carbons (Fsp3) is 0.556. The zero-order chi connectivity index (χ0) is 22.6. The summed E-state index contributed by atoms with van der Waals surface area (Å²) < 4.78 is 25.1. The topological polar surface area (TPSA) is 35.5 Å². The molecule has 0 radical (unpaired) electrons. The molecule has 0 aromatic heterocycles. The lowest BCUT2D eigenvalue weighted by atomic mass is 9.78. The smallest absolute Gasteiger partial charge is 0.379 e. The Hall–Kier alpha value is -1.57. The largest absolute Gasteiger partial charge is 0.424 e. The summed E-state index contributed by atoms with van der Waals surface area (Å²) in [5, 5.41) is 0. The van der Waals surface area contributed by atoms with Crippen LogP contribution in [-0.4, -0.2) is 12.8 Å². The zero-order valence-electron chi connectivity index (χ0n) is 19.9. The van der Waals surface area contributed by atoms with E-state index in [2.05, 4.69) is 64.1 Å². The molecule has 172 valence electrons. The van der Waals surface area contributed by atoms with E-state index in [9.17, 15) is 4.57 Å². The van der Waals surface area contributed by atoms with Gasteiger partial charge in [0.25, 0.3) is 0 Å². The Morgan fingerprint density at radius 3 is 1.97 bits per heavy atom. The fourth-order valence-corrected chi connectivity index (χ4v) is 5.52. The normalized spacial score (nSPS) is 13.7. The average molecular weight is 445 g/mol. The summed E-state index contributed by atoms with van der Waals surface area (Å²) in [6.45, 7) is 9.26. The first-order valence-electron chi connectivity index (χ1n) is 12.0. The molecular formula is C27H41O3P. The lowest BCUT2D eigenvalue weighted by Gasteiger charge is -2.26. The van der Waals surface area contributed by atoms with Gasteiger partial charge in [-0.2, -0.15) is 0 Å². The molecule has 0 saturated heterocycles. The first kappa shape index (κ1) is 25.7. The Morgan fingerprint density at radius 1 is 0.742 bits per heavy atom. The molecule has 0 aliphatic rings. The Bertz CT molecular complexity index is 784. The first-order valence-corrected chi connectivity index (χ1v) is 13.7. The van der Waals surface area contributed by atoms with Crippen molar-refractivity contribution >= 4 is 7.60 Å². The SMILES string of the molecule is CCCCCCCCOP(=O)(CCCC)Oc1ccc(C(C)(C)c2ccccc2)cc1. The molecule has 4 heteroatoms. The summed E-state index contributed by atoms with van der Waals surface area (Å²) >= 11 is 0. The maximum atomic E-state index is 13.3. The highest BCUT2D eigenvalue weighted by Gasteiger charge is 2.27. The Morgan fingerprint density at radius 2 is 1.32 bits per heavy atom. The third-order valence-electron chi connectivity index (χ3n) is 5.89. The van der Waals surface area contributed by atoms with E-state index < -0.39 is 7.60 Å². The highest BCUT2D eigenvalue weighted by molar-refractivity contribution is 7.54. The van der Waals surface area contributed by atoms with Crippen LogP contribution in [0.5, 0.6) is 5.75 Å². The number of rotatable bonds is 15. The van der Waals surface area contributed by atoms with Crippen molar-refractivity contribution < 1.29 is 13.6 Å². The lowest BCUT2D eigenvalue weighted by Crippen LogP contribution is -2.18. The molecule has 31 heavy (non-hydrogen) atoms. The van der Waals surface area contributed by atoms with Crippen LogP contribution in [0.3, 0.4) is 0 Å². The Balaban J connectivity index is 1.98. The average Bonchev–Trinajstić information content (AvgIpc) is 2.78. The van der Waals surface area contributed by atoms with Crippen molar-refractivity contribution in [2.45, 2.75) is 84.5 Å². The van der Waals surface area contributed by atoms with Crippen molar-refractivity contribution in [3.63, 3.8) is 0 Å². The van der Waals surface area contributed by atoms with Gasteiger partial charge in [0.15, 0.2) is 0 Å². The second kappa shape index (κ2) is 13.1. The molecule has 1 unspecified atom stereocenters. The summed E-state index contributed by atoms with van der Waals surface area (Å²) in [6.07, 6.45) is 9.36. The van der Waals surface area contributed by atoms with Crippen LogP contribution < -0.4 is 4.52 Å². The molecule has 0 fully saturated rings. The van der Waals surface area contributed by atoms with Gasteiger partial charge in [0.05, 0.1) is 12.8 Å². The standard InChI is InChI=1S/C27H41O3P/c1-5-7-9-10-11-15-22-29-31(28,23-8-6-2)30-26-20-18-25(19-21-26)27(3,4)24-16-13-12-14-17-24/h12-14,16-21H,5-11,15,22-23H2,1-4H3. The van der Waals surface area contributed by atoms with Crippen LogP contribution in [0.25, 0.3) is 0 Å². The minimum Gasteiger partial charge on any atom is -0.424 e. The Labute approximate surface area is 190 Å². The molecule has 0 saturated carbocycles. The monoisotopic (exact) mass is 444 g/mol. The second-order valence-corrected chi connectivity index (χ2v) is 11.0. The molecule has 0 amide bonds. The number of hydrogen-bond acceptors (Lipinski definition) is 3. The summed E-state index contributed by atoms with van der Waals surface area (Å²) in [7, 11) is -3.13. The third-order valence-corrected chi connectivity index (χ3v) is 7.82. The molecule has 1 atom stereocenters. The van der Waals surface area contributed by atoms with E-state index in [1.807, 2.05) is 18.2 Å². The van der Waals surface area contributed by atoms with Crippen molar-refractivity contribution in [3.05, 3.63) is 65.7 Å². The molecule has 2 aromatic carbocycles. The van der Waals surface area contributed by atoms with Gasteiger partial charge < -0.3 is 4.52 Å². The number of benzene rings is 2. The van der Waals surface area contributed by atoms with Crippen LogP contribution in [0.4, 0.5) is 0 Å². The molecule has 0 N–H and O–H groups in total. The van der Waals surface area contributed by atoms with Gasteiger partial charge in [0, 0.05) is 5.41 Å². The lowest BCUT2D eigenvalue weighted by molar-refractivity contribution is 0.257. The molecule has 0 heterocycles. The van der Waals surface area contributed by atoms with E-state index in [1.54, 1.807) is 0 Å². The highest BCUT2D eigenvalue weighted by Crippen LogP contribution is 2.49. The van der Waals surface area contributed by atoms with E-state index in [4.69, 9.17) is 9.05 Å². The van der Waals surface area contributed by atoms with Gasteiger partial charge in [-0.05, 0) is 36.1 Å². The molecule has 2 rings (SSSR count). The van der Waals surface area contributed by atoms with Crippen LogP contribution in [0, 0.1) is 0 Å². The van der Waals surface area contributed by atoms with Gasteiger partial charge in [-0.3, -0.25) is 4.52 Å². The van der Waals surface area contributed by atoms with E-state index >= 15 is 0 Å². The van der Waals surface area contributed by atoms with Gasteiger partial charge in [-0.15, -0.1) is 0 Å². The molecule has 3 nitrogen and oxygen atoms in total. The first-order chi connectivity index (χ1) is 14.9. The number of unbranched alkanes of at least 4 members (excludes halogenated alkanes) is 6. The minimum absolute atomic E-state index is 0.111. The predicted molar refractivity (Wildman–Crippen MR) is 132 cm³/mol. The zero-order valence-corrected chi connectivity index (χ0v) is 20.8. The molecule has 0 aliphatic carbocycles. The van der Waals surface area contributed by atoms with E-state index in [-0.39, 0.29) is 5.41 Å².